The van der Waals surface area contributed by atoms with Crippen LogP contribution in [-0.2, 0) is 10.5 Å². The van der Waals surface area contributed by atoms with Gasteiger partial charge in [0.1, 0.15) is 11.8 Å². The van der Waals surface area contributed by atoms with Gasteiger partial charge >= 0.3 is 0 Å². The number of amides is 1. The van der Waals surface area contributed by atoms with Gasteiger partial charge in [0, 0.05) is 17.6 Å². The van der Waals surface area contributed by atoms with E-state index in [1.54, 1.807) is 41.9 Å². The first-order valence-electron chi connectivity index (χ1n) is 11.1. The summed E-state index contributed by atoms with van der Waals surface area (Å²) in [6.07, 6.45) is 1.71. The average molecular weight is 485 g/mol. The smallest absolute Gasteiger partial charge is 0.256 e. The van der Waals surface area contributed by atoms with E-state index >= 15 is 0 Å². The highest BCUT2D eigenvalue weighted by molar-refractivity contribution is 7.98. The Morgan fingerprint density at radius 2 is 1.86 bits per heavy atom. The number of thioether (sulfide) groups is 1. The Bertz CT molecular complexity index is 1370. The fourth-order valence-electron chi connectivity index (χ4n) is 3.96. The van der Waals surface area contributed by atoms with Gasteiger partial charge in [0.2, 0.25) is 11.1 Å². The molecule has 0 unspecified atom stereocenters. The van der Waals surface area contributed by atoms with Crippen LogP contribution in [0.15, 0.2) is 95.4 Å². The molecule has 4 aromatic rings. The van der Waals surface area contributed by atoms with Crippen LogP contribution >= 0.6 is 11.8 Å². The van der Waals surface area contributed by atoms with Crippen LogP contribution in [0.5, 0.6) is 5.75 Å². The Morgan fingerprint density at radius 1 is 1.09 bits per heavy atom. The highest BCUT2D eigenvalue weighted by atomic mass is 32.2. The molecule has 1 aliphatic rings. The van der Waals surface area contributed by atoms with Crippen molar-refractivity contribution >= 4 is 29.3 Å². The van der Waals surface area contributed by atoms with Gasteiger partial charge in [-0.15, -0.1) is 5.10 Å². The van der Waals surface area contributed by atoms with Gasteiger partial charge < -0.3 is 15.4 Å². The summed E-state index contributed by atoms with van der Waals surface area (Å²) >= 11 is 1.54. The first kappa shape index (κ1) is 22.7. The maximum atomic E-state index is 13.6. The van der Waals surface area contributed by atoms with Crippen LogP contribution in [0.3, 0.4) is 0 Å². The Kier molecular flexibility index (Phi) is 6.49. The molecular formula is C26H24N6O2S. The summed E-state index contributed by atoms with van der Waals surface area (Å²) < 4.78 is 7.14. The zero-order valence-electron chi connectivity index (χ0n) is 19.3. The van der Waals surface area contributed by atoms with Crippen molar-refractivity contribution < 1.29 is 9.53 Å². The van der Waals surface area contributed by atoms with E-state index in [-0.39, 0.29) is 5.91 Å². The van der Waals surface area contributed by atoms with Gasteiger partial charge in [-0.3, -0.25) is 9.78 Å². The van der Waals surface area contributed by atoms with E-state index in [0.29, 0.717) is 39.5 Å². The summed E-state index contributed by atoms with van der Waals surface area (Å²) in [6, 6.07) is 22.6. The molecular weight excluding hydrogens is 460 g/mol. The van der Waals surface area contributed by atoms with E-state index in [0.717, 1.165) is 5.75 Å². The second-order valence-corrected chi connectivity index (χ2v) is 8.85. The average Bonchev–Trinajstić information content (AvgIpc) is 3.30. The van der Waals surface area contributed by atoms with Crippen LogP contribution in [0.2, 0.25) is 0 Å². The number of pyridine rings is 1. The molecule has 0 saturated carbocycles. The van der Waals surface area contributed by atoms with Crippen molar-refractivity contribution in [2.45, 2.75) is 23.9 Å². The van der Waals surface area contributed by atoms with E-state index in [1.807, 2.05) is 55.5 Å². The maximum Gasteiger partial charge on any atom is 0.256 e. The zero-order chi connectivity index (χ0) is 24.2. The number of carbonyl (C=O) groups is 1. The molecule has 176 valence electrons. The molecule has 1 atom stereocenters. The lowest BCUT2D eigenvalue weighted by Crippen LogP contribution is -2.32. The molecule has 1 amide bonds. The zero-order valence-corrected chi connectivity index (χ0v) is 20.1. The molecule has 35 heavy (non-hydrogen) atoms. The molecule has 2 aromatic carbocycles. The quantitative estimate of drug-likeness (QED) is 0.360. The summed E-state index contributed by atoms with van der Waals surface area (Å²) in [6.45, 7) is 1.86. The number of methoxy groups -OCH3 is 1. The molecule has 0 radical (unpaired) electrons. The van der Waals surface area contributed by atoms with Gasteiger partial charge in [-0.2, -0.15) is 4.98 Å². The molecule has 5 rings (SSSR count). The number of fused-ring (bicyclic) bond motifs is 1. The SMILES string of the molecule is COc1ccccc1NC(=O)C1=C(C)Nc2nc(SCc3ccccc3)nn2[C@H]1c1ccccn1. The third kappa shape index (κ3) is 4.76. The minimum Gasteiger partial charge on any atom is -0.495 e. The molecule has 1 aliphatic heterocycles. The maximum absolute atomic E-state index is 13.6. The predicted molar refractivity (Wildman–Crippen MR) is 136 cm³/mol. The normalized spacial score (nSPS) is 14.7. The number of carbonyl (C=O) groups excluding carboxylic acids is 1. The lowest BCUT2D eigenvalue weighted by Gasteiger charge is -2.28. The van der Waals surface area contributed by atoms with Crippen molar-refractivity contribution in [3.05, 3.63) is 102 Å². The van der Waals surface area contributed by atoms with E-state index in [4.69, 9.17) is 9.84 Å². The molecule has 3 heterocycles. The molecule has 2 aromatic heterocycles. The number of benzene rings is 2. The van der Waals surface area contributed by atoms with Gasteiger partial charge in [0.15, 0.2) is 0 Å². The number of aromatic nitrogens is 4. The number of nitrogens with zero attached hydrogens (tertiary/aromatic N) is 4. The van der Waals surface area contributed by atoms with Crippen molar-refractivity contribution in [1.82, 2.24) is 19.7 Å². The van der Waals surface area contributed by atoms with Crippen molar-refractivity contribution in [2.75, 3.05) is 17.7 Å². The molecule has 0 bridgehead atoms. The highest BCUT2D eigenvalue weighted by Crippen LogP contribution is 2.36. The minimum absolute atomic E-state index is 0.269. The number of rotatable bonds is 7. The van der Waals surface area contributed by atoms with E-state index in [9.17, 15) is 4.79 Å². The summed E-state index contributed by atoms with van der Waals surface area (Å²) in [5.74, 6) is 1.63. The Hall–Kier alpha value is -4.11. The summed E-state index contributed by atoms with van der Waals surface area (Å²) in [5.41, 5.74) is 3.66. The molecule has 2 N–H and O–H groups in total. The number of ether oxygens (including phenoxy) is 1. The molecule has 0 saturated heterocycles. The number of hydrogen-bond acceptors (Lipinski definition) is 7. The number of anilines is 2. The van der Waals surface area contributed by atoms with Crippen molar-refractivity contribution in [2.24, 2.45) is 0 Å². The lowest BCUT2D eigenvalue weighted by molar-refractivity contribution is -0.113. The highest BCUT2D eigenvalue weighted by Gasteiger charge is 2.35. The monoisotopic (exact) mass is 484 g/mol. The van der Waals surface area contributed by atoms with E-state index < -0.39 is 6.04 Å². The van der Waals surface area contributed by atoms with Gasteiger partial charge in [-0.05, 0) is 36.8 Å². The summed E-state index contributed by atoms with van der Waals surface area (Å²) in [7, 11) is 1.57. The summed E-state index contributed by atoms with van der Waals surface area (Å²) in [4.78, 5) is 22.8. The Morgan fingerprint density at radius 3 is 2.63 bits per heavy atom. The van der Waals surface area contributed by atoms with Crippen molar-refractivity contribution in [1.29, 1.82) is 0 Å². The van der Waals surface area contributed by atoms with E-state index in [1.165, 1.54) is 5.56 Å². The van der Waals surface area contributed by atoms with Gasteiger partial charge in [0.05, 0.1) is 24.1 Å². The number of para-hydroxylation sites is 2. The fourth-order valence-corrected chi connectivity index (χ4v) is 4.74. The predicted octanol–water partition coefficient (Wildman–Crippen LogP) is 4.90. The summed E-state index contributed by atoms with van der Waals surface area (Å²) in [5, 5.41) is 11.6. The standard InChI is InChI=1S/C26H24N6O2S/c1-17-22(24(33)29-19-12-6-7-14-21(19)34-2)23(20-13-8-9-15-27-20)32-25(28-17)30-26(31-32)35-16-18-10-4-3-5-11-18/h3-15,23H,16H2,1-2H3,(H,29,33)(H,28,30,31)/t23-/m0/s1. The number of nitrogens with one attached hydrogen (secondary N) is 2. The van der Waals surface area contributed by atoms with Crippen LogP contribution in [0, 0.1) is 0 Å². The van der Waals surface area contributed by atoms with E-state index in [2.05, 4.69) is 32.7 Å². The minimum atomic E-state index is -0.541. The molecule has 0 spiro atoms. The van der Waals surface area contributed by atoms with Crippen molar-refractivity contribution in [3.8, 4) is 5.75 Å². The lowest BCUT2D eigenvalue weighted by atomic mass is 9.98. The topological polar surface area (TPSA) is 94.0 Å². The molecule has 8 nitrogen and oxygen atoms in total. The number of allylic oxidation sites excluding steroid dienone is 1. The van der Waals surface area contributed by atoms with Crippen molar-refractivity contribution in [3.63, 3.8) is 0 Å². The first-order valence-corrected chi connectivity index (χ1v) is 12.1. The van der Waals surface area contributed by atoms with Crippen LogP contribution in [0.4, 0.5) is 11.6 Å². The fraction of sp³-hybridized carbons (Fsp3) is 0.154. The molecule has 0 aliphatic carbocycles. The van der Waals surface area contributed by atoms with Crippen LogP contribution in [-0.4, -0.2) is 32.8 Å². The third-order valence-electron chi connectivity index (χ3n) is 5.61. The Labute approximate surface area is 207 Å². The van der Waals surface area contributed by atoms with Crippen LogP contribution < -0.4 is 15.4 Å². The van der Waals surface area contributed by atoms with Crippen LogP contribution in [0.25, 0.3) is 0 Å². The van der Waals surface area contributed by atoms with Crippen LogP contribution in [0.1, 0.15) is 24.2 Å². The van der Waals surface area contributed by atoms with Gasteiger partial charge in [-0.1, -0.05) is 60.3 Å². The molecule has 9 heteroatoms. The number of hydrogen-bond donors (Lipinski definition) is 2. The molecule has 0 fully saturated rings. The van der Waals surface area contributed by atoms with Gasteiger partial charge in [0.25, 0.3) is 5.91 Å². The second kappa shape index (κ2) is 10.0. The first-order chi connectivity index (χ1) is 17.1. The largest absolute Gasteiger partial charge is 0.495 e. The van der Waals surface area contributed by atoms with Gasteiger partial charge in [-0.25, -0.2) is 4.68 Å². The second-order valence-electron chi connectivity index (χ2n) is 7.91. The Balaban J connectivity index is 1.48. The third-order valence-corrected chi connectivity index (χ3v) is 6.52.